The molecule has 0 saturated heterocycles. The number of carbonyl (C=O) groups is 1. The maximum atomic E-state index is 13.1. The van der Waals surface area contributed by atoms with Gasteiger partial charge >= 0.3 is 0 Å². The van der Waals surface area contributed by atoms with Gasteiger partial charge in [-0.15, -0.1) is 24.8 Å². The first-order chi connectivity index (χ1) is 10.7. The van der Waals surface area contributed by atoms with E-state index in [9.17, 15) is 9.18 Å². The van der Waals surface area contributed by atoms with Gasteiger partial charge in [-0.25, -0.2) is 9.37 Å². The number of pyridine rings is 1. The van der Waals surface area contributed by atoms with E-state index in [4.69, 9.17) is 4.74 Å². The van der Waals surface area contributed by atoms with Gasteiger partial charge in [-0.3, -0.25) is 4.79 Å². The van der Waals surface area contributed by atoms with Gasteiger partial charge in [-0.1, -0.05) is 12.1 Å². The van der Waals surface area contributed by atoms with Gasteiger partial charge < -0.3 is 15.4 Å². The van der Waals surface area contributed by atoms with Crippen LogP contribution in [0.2, 0.25) is 0 Å². The summed E-state index contributed by atoms with van der Waals surface area (Å²) in [7, 11) is 1.80. The Morgan fingerprint density at radius 3 is 2.67 bits per heavy atom. The van der Waals surface area contributed by atoms with Gasteiger partial charge in [0.1, 0.15) is 11.6 Å². The van der Waals surface area contributed by atoms with Crippen LogP contribution in [-0.2, 0) is 11.3 Å². The van der Waals surface area contributed by atoms with Crippen molar-refractivity contribution in [3.05, 3.63) is 54.0 Å². The molecule has 1 heterocycles. The summed E-state index contributed by atoms with van der Waals surface area (Å²) in [4.78, 5) is 15.6. The predicted octanol–water partition coefficient (Wildman–Crippen LogP) is 3.08. The number of carbonyl (C=O) groups excluding carboxylic acids is 1. The fourth-order valence-corrected chi connectivity index (χ4v) is 1.75. The van der Waals surface area contributed by atoms with Crippen molar-refractivity contribution in [1.82, 2.24) is 15.6 Å². The first kappa shape index (κ1) is 22.1. The number of hydrogen-bond donors (Lipinski definition) is 2. The lowest BCUT2D eigenvalue weighted by Crippen LogP contribution is -2.26. The van der Waals surface area contributed by atoms with Crippen LogP contribution in [0.4, 0.5) is 4.39 Å². The molecule has 0 unspecified atom stereocenters. The van der Waals surface area contributed by atoms with E-state index < -0.39 is 0 Å². The molecule has 132 valence electrons. The van der Waals surface area contributed by atoms with Crippen molar-refractivity contribution in [2.75, 3.05) is 13.6 Å². The highest BCUT2D eigenvalue weighted by atomic mass is 35.5. The maximum absolute atomic E-state index is 13.1. The van der Waals surface area contributed by atoms with E-state index in [1.807, 2.05) is 0 Å². The molecular weight excluding hydrogens is 356 g/mol. The second kappa shape index (κ2) is 11.6. The molecule has 1 aromatic carbocycles. The summed E-state index contributed by atoms with van der Waals surface area (Å²) in [5.74, 6) is 0.379. The molecule has 0 bridgehead atoms. The van der Waals surface area contributed by atoms with Crippen molar-refractivity contribution < 1.29 is 13.9 Å². The monoisotopic (exact) mass is 375 g/mol. The highest BCUT2D eigenvalue weighted by Crippen LogP contribution is 2.19. The number of hydrogen-bond acceptors (Lipinski definition) is 4. The number of ether oxygens (including phenoxy) is 1. The standard InChI is InChI=1S/C16H18FN3O2.2ClH/c1-18-8-7-15(21)19-10-12-5-6-16(20-11-12)22-14-4-2-3-13(17)9-14;;/h2-6,9,11,18H,7-8,10H2,1H3,(H,19,21);2*1H. The van der Waals surface area contributed by atoms with Gasteiger partial charge in [0.25, 0.3) is 0 Å². The van der Waals surface area contributed by atoms with Crippen molar-refractivity contribution in [1.29, 1.82) is 0 Å². The molecule has 2 aromatic rings. The molecule has 0 radical (unpaired) electrons. The average molecular weight is 376 g/mol. The molecule has 0 aliphatic heterocycles. The van der Waals surface area contributed by atoms with Gasteiger partial charge in [-0.05, 0) is 24.7 Å². The highest BCUT2D eigenvalue weighted by Gasteiger charge is 2.03. The van der Waals surface area contributed by atoms with E-state index in [1.54, 1.807) is 37.5 Å². The molecule has 0 fully saturated rings. The summed E-state index contributed by atoms with van der Waals surface area (Å²) >= 11 is 0. The predicted molar refractivity (Wildman–Crippen MR) is 95.6 cm³/mol. The van der Waals surface area contributed by atoms with E-state index in [2.05, 4.69) is 15.6 Å². The quantitative estimate of drug-likeness (QED) is 0.780. The Balaban J connectivity index is 0.00000264. The third-order valence-electron chi connectivity index (χ3n) is 2.91. The van der Waals surface area contributed by atoms with Crippen molar-refractivity contribution in [3.63, 3.8) is 0 Å². The summed E-state index contributed by atoms with van der Waals surface area (Å²) in [6.45, 7) is 1.06. The van der Waals surface area contributed by atoms with E-state index >= 15 is 0 Å². The lowest BCUT2D eigenvalue weighted by molar-refractivity contribution is -0.121. The zero-order valence-electron chi connectivity index (χ0n) is 13.1. The summed E-state index contributed by atoms with van der Waals surface area (Å²) in [5.41, 5.74) is 0.865. The molecule has 0 saturated carbocycles. The van der Waals surface area contributed by atoms with Gasteiger partial charge in [0, 0.05) is 37.8 Å². The van der Waals surface area contributed by atoms with Crippen LogP contribution in [0, 0.1) is 5.82 Å². The SMILES string of the molecule is CNCCC(=O)NCc1ccc(Oc2cccc(F)c2)nc1.Cl.Cl. The zero-order chi connectivity index (χ0) is 15.8. The zero-order valence-corrected chi connectivity index (χ0v) is 14.8. The molecule has 2 rings (SSSR count). The lowest BCUT2D eigenvalue weighted by atomic mass is 10.2. The topological polar surface area (TPSA) is 63.2 Å². The molecule has 0 aliphatic rings. The number of benzene rings is 1. The molecule has 0 atom stereocenters. The number of nitrogens with one attached hydrogen (secondary N) is 2. The van der Waals surface area contributed by atoms with Gasteiger partial charge in [-0.2, -0.15) is 0 Å². The second-order valence-corrected chi connectivity index (χ2v) is 4.69. The van der Waals surface area contributed by atoms with Gasteiger partial charge in [0.2, 0.25) is 11.8 Å². The Kier molecular flexibility index (Phi) is 10.7. The third kappa shape index (κ3) is 7.59. The minimum absolute atomic E-state index is 0. The maximum Gasteiger partial charge on any atom is 0.221 e. The van der Waals surface area contributed by atoms with Crippen LogP contribution in [0.25, 0.3) is 0 Å². The molecule has 0 aliphatic carbocycles. The van der Waals surface area contributed by atoms with Crippen LogP contribution in [0.5, 0.6) is 11.6 Å². The number of nitrogens with zero attached hydrogens (tertiary/aromatic N) is 1. The first-order valence-corrected chi connectivity index (χ1v) is 6.97. The van der Waals surface area contributed by atoms with Crippen molar-refractivity contribution in [3.8, 4) is 11.6 Å². The van der Waals surface area contributed by atoms with Crippen molar-refractivity contribution in [2.24, 2.45) is 0 Å². The summed E-state index contributed by atoms with van der Waals surface area (Å²) < 4.78 is 18.5. The van der Waals surface area contributed by atoms with E-state index in [-0.39, 0.29) is 36.5 Å². The average Bonchev–Trinajstić information content (AvgIpc) is 2.52. The minimum atomic E-state index is -0.363. The fraction of sp³-hybridized carbons (Fsp3) is 0.250. The smallest absolute Gasteiger partial charge is 0.221 e. The second-order valence-electron chi connectivity index (χ2n) is 4.69. The molecular formula is C16H20Cl2FN3O2. The lowest BCUT2D eigenvalue weighted by Gasteiger charge is -2.07. The summed E-state index contributed by atoms with van der Waals surface area (Å²) in [5, 5.41) is 5.72. The van der Waals surface area contributed by atoms with Crippen LogP contribution in [-0.4, -0.2) is 24.5 Å². The molecule has 1 aromatic heterocycles. The molecule has 1 amide bonds. The van der Waals surface area contributed by atoms with Gasteiger partial charge in [0.05, 0.1) is 0 Å². The van der Waals surface area contributed by atoms with E-state index in [0.717, 1.165) is 5.56 Å². The highest BCUT2D eigenvalue weighted by molar-refractivity contribution is 5.85. The first-order valence-electron chi connectivity index (χ1n) is 6.97. The van der Waals surface area contributed by atoms with E-state index in [0.29, 0.717) is 31.1 Å². The van der Waals surface area contributed by atoms with Crippen LogP contribution < -0.4 is 15.4 Å². The Labute approximate surface area is 152 Å². The summed E-state index contributed by atoms with van der Waals surface area (Å²) in [6.07, 6.45) is 2.05. The fourth-order valence-electron chi connectivity index (χ4n) is 1.75. The number of rotatable bonds is 7. The number of amides is 1. The van der Waals surface area contributed by atoms with Gasteiger partial charge in [0.15, 0.2) is 0 Å². The molecule has 2 N–H and O–H groups in total. The molecule has 24 heavy (non-hydrogen) atoms. The molecule has 0 spiro atoms. The largest absolute Gasteiger partial charge is 0.439 e. The third-order valence-corrected chi connectivity index (χ3v) is 2.91. The summed E-state index contributed by atoms with van der Waals surface area (Å²) in [6, 6.07) is 9.35. The Morgan fingerprint density at radius 1 is 1.25 bits per heavy atom. The van der Waals surface area contributed by atoms with Crippen LogP contribution in [0.15, 0.2) is 42.6 Å². The Bertz CT molecular complexity index is 627. The van der Waals surface area contributed by atoms with Crippen LogP contribution in [0.3, 0.4) is 0 Å². The van der Waals surface area contributed by atoms with E-state index in [1.165, 1.54) is 12.1 Å². The number of halogens is 3. The van der Waals surface area contributed by atoms with Crippen LogP contribution >= 0.6 is 24.8 Å². The van der Waals surface area contributed by atoms with Crippen LogP contribution in [0.1, 0.15) is 12.0 Å². The Hall–Kier alpha value is -1.89. The Morgan fingerprint density at radius 2 is 2.04 bits per heavy atom. The van der Waals surface area contributed by atoms with Crippen molar-refractivity contribution >= 4 is 30.7 Å². The minimum Gasteiger partial charge on any atom is -0.439 e. The number of aromatic nitrogens is 1. The molecule has 5 nitrogen and oxygen atoms in total. The molecule has 8 heteroatoms. The van der Waals surface area contributed by atoms with Crippen molar-refractivity contribution in [2.45, 2.75) is 13.0 Å². The normalized spacial score (nSPS) is 9.42.